The number of hydrogen-bond donors (Lipinski definition) is 18. The van der Waals surface area contributed by atoms with Crippen molar-refractivity contribution >= 4 is 125 Å². The number of guanidine groups is 2. The first kappa shape index (κ1) is 73.9. The first-order valence-corrected chi connectivity index (χ1v) is 35.2. The van der Waals surface area contributed by atoms with Gasteiger partial charge >= 0.3 is 11.9 Å². The minimum Gasteiger partial charge on any atom is -0.480 e. The quantitative estimate of drug-likeness (QED) is 0.0114. The van der Waals surface area contributed by atoms with Crippen molar-refractivity contribution in [3.05, 3.63) is 183 Å². The molecule has 27 heteroatoms. The van der Waals surface area contributed by atoms with Gasteiger partial charge < -0.3 is 83.8 Å². The average molecular weight is 1420 g/mol. The number of carbonyl (C=O) groups excluding carboxylic acids is 5. The number of aromatic nitrogens is 7. The summed E-state index contributed by atoms with van der Waals surface area (Å²) in [6.07, 6.45) is 7.54. The molecule has 2 aliphatic heterocycles. The zero-order chi connectivity index (χ0) is 74.9. The Bertz CT molecular complexity index is 5110. The maximum atomic E-state index is 15.4. The van der Waals surface area contributed by atoms with E-state index in [1.165, 1.54) is 0 Å². The molecule has 11 rings (SSSR count). The van der Waals surface area contributed by atoms with Gasteiger partial charge in [0.2, 0.25) is 29.5 Å². The maximum absolute atomic E-state index is 15.4. The Balaban J connectivity index is 0.888. The highest BCUT2D eigenvalue weighted by Gasteiger charge is 2.37. The van der Waals surface area contributed by atoms with Crippen LogP contribution >= 0.6 is 0 Å². The smallest absolute Gasteiger partial charge is 0.338 e. The topological polar surface area (TPSA) is 449 Å². The number of aryl methyl sites for hydroxylation is 3. The number of benzene rings is 3. The number of hydrogen-bond acceptors (Lipinski definition) is 11. The Hall–Kier alpha value is -12.3. The molecule has 2 aliphatic rings. The van der Waals surface area contributed by atoms with Crippen molar-refractivity contribution in [2.24, 2.45) is 11.5 Å². The van der Waals surface area contributed by atoms with Gasteiger partial charge in [0.1, 0.15) is 30.2 Å². The highest BCUT2D eigenvalue weighted by atomic mass is 16.4. The van der Waals surface area contributed by atoms with Crippen molar-refractivity contribution < 1.29 is 43.8 Å². The summed E-state index contributed by atoms with van der Waals surface area (Å²) in [6, 6.07) is 21.0. The Morgan fingerprint density at radius 1 is 0.581 bits per heavy atom. The normalized spacial score (nSPS) is 15.0. The SMILES string of the molecule is C=Cc1c(C)c2cc3nc(c(C)c4nc(cc5[nH]c(cc1[nH]2)c(C)c5CC)C(C)=C4C(=O)O)[C@@H](CCC(=O)N[C@@H](CCCNC(=N)N)C(=O)N[C@@H](CCCNC(=N)N)C(=O)N[C@@H](Cc1c[nH]c2ccccc12)C(=O)N[C@@H](Cc1c[nH]c2ccccc12)C(=O)N[C@@H](Cc1c[nH]c2ccccc12)C(=O)O)[C@@H]3C. The van der Waals surface area contributed by atoms with E-state index in [0.29, 0.717) is 51.3 Å². The van der Waals surface area contributed by atoms with Crippen molar-refractivity contribution in [3.8, 4) is 0 Å². The minimum absolute atomic E-state index is 0.00957. The molecule has 5 amide bonds. The third-order valence-electron chi connectivity index (χ3n) is 20.2. The Labute approximate surface area is 605 Å². The molecule has 0 radical (unpaired) electrons. The number of rotatable bonds is 30. The van der Waals surface area contributed by atoms with E-state index in [4.69, 9.17) is 32.3 Å². The van der Waals surface area contributed by atoms with Gasteiger partial charge in [-0.1, -0.05) is 81.1 Å². The molecule has 105 heavy (non-hydrogen) atoms. The summed E-state index contributed by atoms with van der Waals surface area (Å²) < 4.78 is 0. The van der Waals surface area contributed by atoms with E-state index in [-0.39, 0.29) is 100.0 Å². The number of aromatic amines is 5. The van der Waals surface area contributed by atoms with Crippen LogP contribution in [0.2, 0.25) is 0 Å². The lowest BCUT2D eigenvalue weighted by Crippen LogP contribution is -2.59. The molecular formula is C78H90N18O9. The van der Waals surface area contributed by atoms with Crippen LogP contribution in [0.15, 0.2) is 116 Å². The third kappa shape index (κ3) is 16.6. The van der Waals surface area contributed by atoms with Gasteiger partial charge in [-0.05, 0) is 147 Å². The molecule has 0 spiro atoms. The van der Waals surface area contributed by atoms with E-state index in [9.17, 15) is 29.4 Å². The van der Waals surface area contributed by atoms with E-state index >= 15 is 14.4 Å². The van der Waals surface area contributed by atoms with Gasteiger partial charge in [-0.25, -0.2) is 14.6 Å². The summed E-state index contributed by atoms with van der Waals surface area (Å²) in [5.41, 5.74) is 25.6. The van der Waals surface area contributed by atoms with E-state index < -0.39 is 77.6 Å². The van der Waals surface area contributed by atoms with E-state index in [1.54, 1.807) is 32.4 Å². The van der Waals surface area contributed by atoms with Crippen LogP contribution in [0.5, 0.6) is 0 Å². The van der Waals surface area contributed by atoms with Crippen molar-refractivity contribution in [1.82, 2.24) is 72.1 Å². The molecule has 0 saturated carbocycles. The van der Waals surface area contributed by atoms with Gasteiger partial charge in [-0.3, -0.25) is 39.8 Å². The van der Waals surface area contributed by atoms with Crippen molar-refractivity contribution in [2.75, 3.05) is 13.1 Å². The van der Waals surface area contributed by atoms with Gasteiger partial charge in [0, 0.05) is 141 Å². The van der Waals surface area contributed by atoms with Crippen LogP contribution in [-0.2, 0) is 59.2 Å². The van der Waals surface area contributed by atoms with Crippen LogP contribution in [-0.4, -0.2) is 142 Å². The maximum Gasteiger partial charge on any atom is 0.338 e. The Morgan fingerprint density at radius 3 is 1.54 bits per heavy atom. The number of carboxylic acids is 2. The number of nitrogens with one attached hydrogen (secondary N) is 14. The number of fused-ring (bicyclic) bond motifs is 11. The summed E-state index contributed by atoms with van der Waals surface area (Å²) in [6.45, 7) is 16.0. The fourth-order valence-corrected chi connectivity index (χ4v) is 14.5. The number of nitrogens with two attached hydrogens (primary N) is 2. The lowest BCUT2D eigenvalue weighted by Gasteiger charge is -2.27. The fourth-order valence-electron chi connectivity index (χ4n) is 14.5. The predicted molar refractivity (Wildman–Crippen MR) is 407 cm³/mol. The largest absolute Gasteiger partial charge is 0.480 e. The molecule has 6 aromatic heterocycles. The van der Waals surface area contributed by atoms with Crippen LogP contribution in [0.3, 0.4) is 0 Å². The van der Waals surface area contributed by atoms with E-state index in [1.807, 2.05) is 111 Å². The molecule has 0 fully saturated rings. The molecule has 546 valence electrons. The van der Waals surface area contributed by atoms with Gasteiger partial charge in [0.05, 0.1) is 17.0 Å². The van der Waals surface area contributed by atoms with Gasteiger partial charge in [-0.15, -0.1) is 0 Å². The molecule has 8 heterocycles. The zero-order valence-electron chi connectivity index (χ0n) is 59.5. The Morgan fingerprint density at radius 2 is 1.05 bits per heavy atom. The average Bonchev–Trinajstić information content (AvgIpc) is 1.61. The number of allylic oxidation sites excluding steroid dienone is 1. The lowest BCUT2D eigenvalue weighted by atomic mass is 9.85. The van der Waals surface area contributed by atoms with Crippen LogP contribution in [0, 0.1) is 31.6 Å². The zero-order valence-corrected chi connectivity index (χ0v) is 59.5. The van der Waals surface area contributed by atoms with E-state index in [0.717, 1.165) is 77.0 Å². The fraction of sp³-hybridized carbons (Fsp3) is 0.321. The van der Waals surface area contributed by atoms with Crippen molar-refractivity contribution in [1.29, 1.82) is 10.8 Å². The molecule has 27 nitrogen and oxygen atoms in total. The van der Waals surface area contributed by atoms with E-state index in [2.05, 4.69) is 82.6 Å². The summed E-state index contributed by atoms with van der Waals surface area (Å²) >= 11 is 0. The number of aliphatic carboxylic acids is 2. The minimum atomic E-state index is -1.46. The van der Waals surface area contributed by atoms with Crippen molar-refractivity contribution in [2.45, 2.75) is 148 Å². The van der Waals surface area contributed by atoms with Gasteiger partial charge in [0.15, 0.2) is 11.9 Å². The molecule has 8 bridgehead atoms. The molecule has 0 unspecified atom stereocenters. The standard InChI is InChI=1S/C78H90N18O9/c1-8-47-39(3)58-33-60-41(5)49(69(91-60)43(7)70-68(76(104)105)42(6)61(92-70)35-63-48(9-2)40(4)59(89-63)34-62(47)88-58)26-27-67(97)90-56(24-16-28-83-77(79)80)71(98)93-57(25-17-29-84-78(81)82)72(99)94-64(30-44-36-85-53-21-13-10-18-50(44)53)73(100)95-65(31-45-37-86-54-22-14-11-19-51(45)54)74(101)96-66(75(102)103)32-46-38-87-55-23-15-12-20-52(46)55/h8,10-15,18-23,33-38,41,49,56-57,64-66,85-89H,1,9,16-17,24-32H2,2-7H3,(H,90,97)(H,93,98)(H,94,99)(H,95,100)(H,96,101)(H,102,103)(H,104,105)(H4,79,80,83)(H4,81,82,84)/t41-,49-,56-,57-,64-,65-,66-/m0/s1. The summed E-state index contributed by atoms with van der Waals surface area (Å²) in [5, 5.41) is 59.2. The monoisotopic (exact) mass is 1420 g/mol. The molecule has 7 atom stereocenters. The van der Waals surface area contributed by atoms with Gasteiger partial charge in [-0.2, -0.15) is 0 Å². The number of carboxylic acid groups (broad SMARTS) is 2. The molecule has 0 aliphatic carbocycles. The Kier molecular flexibility index (Phi) is 22.8. The summed E-state index contributed by atoms with van der Waals surface area (Å²) in [5.74, 6) is -7.70. The second-order valence-electron chi connectivity index (χ2n) is 27.0. The first-order valence-electron chi connectivity index (χ1n) is 35.2. The highest BCUT2D eigenvalue weighted by Crippen LogP contribution is 2.43. The number of carbonyl (C=O) groups is 7. The molecular weight excluding hydrogens is 1330 g/mol. The van der Waals surface area contributed by atoms with Crippen molar-refractivity contribution in [3.63, 3.8) is 0 Å². The number of H-pyrrole nitrogens is 5. The van der Waals surface area contributed by atoms with Crippen LogP contribution in [0.25, 0.3) is 72.0 Å². The lowest BCUT2D eigenvalue weighted by molar-refractivity contribution is -0.142. The summed E-state index contributed by atoms with van der Waals surface area (Å²) in [7, 11) is 0. The van der Waals surface area contributed by atoms with Crippen LogP contribution in [0.1, 0.15) is 138 Å². The summed E-state index contributed by atoms with van der Waals surface area (Å²) in [4.78, 5) is 129. The van der Waals surface area contributed by atoms with Gasteiger partial charge in [0.25, 0.3) is 0 Å². The van der Waals surface area contributed by atoms with Crippen LogP contribution in [0.4, 0.5) is 0 Å². The molecule has 9 aromatic rings. The third-order valence-corrected chi connectivity index (χ3v) is 20.2. The molecule has 20 N–H and O–H groups in total. The number of para-hydroxylation sites is 3. The molecule has 3 aromatic carbocycles. The number of amides is 5. The second-order valence-corrected chi connectivity index (χ2v) is 27.0. The second kappa shape index (κ2) is 32.4. The van der Waals surface area contributed by atoms with Crippen LogP contribution < -0.4 is 48.7 Å². The highest BCUT2D eigenvalue weighted by molar-refractivity contribution is 6.24. The predicted octanol–water partition coefficient (Wildman–Crippen LogP) is 8.34. The number of nitrogens with zero attached hydrogens (tertiary/aromatic N) is 2. The first-order chi connectivity index (χ1) is 50.4. The molecule has 0 saturated heterocycles.